The predicted molar refractivity (Wildman–Crippen MR) is 85.7 cm³/mol. The Bertz CT molecular complexity index is 438. The first-order valence-corrected chi connectivity index (χ1v) is 7.89. The van der Waals surface area contributed by atoms with Crippen LogP contribution in [0.15, 0.2) is 18.2 Å². The molecule has 0 saturated carbocycles. The van der Waals surface area contributed by atoms with E-state index >= 15 is 0 Å². The standard InChI is InChI=1S/C16H25ClN2O/c1-3-13(18)10-14-15(17)6-4-7-16(14)19-8-5-9-20-12(2)11-19/h4,6-7,12-13H,3,5,8-11,18H2,1-2H3. The zero-order chi connectivity index (χ0) is 14.5. The van der Waals surface area contributed by atoms with Gasteiger partial charge in [0.1, 0.15) is 0 Å². The van der Waals surface area contributed by atoms with Crippen molar-refractivity contribution >= 4 is 17.3 Å². The highest BCUT2D eigenvalue weighted by Crippen LogP contribution is 2.30. The largest absolute Gasteiger partial charge is 0.377 e. The average molecular weight is 297 g/mol. The molecule has 1 aromatic rings. The van der Waals surface area contributed by atoms with Crippen LogP contribution in [0.25, 0.3) is 0 Å². The van der Waals surface area contributed by atoms with Gasteiger partial charge in [0.05, 0.1) is 6.10 Å². The van der Waals surface area contributed by atoms with E-state index in [4.69, 9.17) is 22.1 Å². The number of hydrogen-bond donors (Lipinski definition) is 1. The first kappa shape index (κ1) is 15.6. The van der Waals surface area contributed by atoms with Gasteiger partial charge in [-0.05, 0) is 43.9 Å². The van der Waals surface area contributed by atoms with Crippen LogP contribution in [0.2, 0.25) is 5.02 Å². The van der Waals surface area contributed by atoms with Crippen molar-refractivity contribution in [3.63, 3.8) is 0 Å². The van der Waals surface area contributed by atoms with Crippen LogP contribution >= 0.6 is 11.6 Å². The summed E-state index contributed by atoms with van der Waals surface area (Å²) in [7, 11) is 0. The van der Waals surface area contributed by atoms with Crippen LogP contribution in [0.1, 0.15) is 32.3 Å². The number of anilines is 1. The first-order valence-electron chi connectivity index (χ1n) is 7.51. The quantitative estimate of drug-likeness (QED) is 0.927. The maximum atomic E-state index is 6.41. The maximum absolute atomic E-state index is 6.41. The van der Waals surface area contributed by atoms with Crippen LogP contribution < -0.4 is 10.6 Å². The minimum Gasteiger partial charge on any atom is -0.377 e. The van der Waals surface area contributed by atoms with Gasteiger partial charge in [0.25, 0.3) is 0 Å². The third-order valence-corrected chi connectivity index (χ3v) is 4.23. The molecule has 0 spiro atoms. The Kier molecular flexibility index (Phi) is 5.70. The van der Waals surface area contributed by atoms with E-state index in [1.165, 1.54) is 11.3 Å². The molecular formula is C16H25ClN2O. The second kappa shape index (κ2) is 7.30. The van der Waals surface area contributed by atoms with Crippen molar-refractivity contribution in [1.29, 1.82) is 0 Å². The second-order valence-electron chi connectivity index (χ2n) is 5.59. The average Bonchev–Trinajstić information content (AvgIpc) is 2.65. The lowest BCUT2D eigenvalue weighted by Crippen LogP contribution is -2.32. The summed E-state index contributed by atoms with van der Waals surface area (Å²) in [4.78, 5) is 2.39. The summed E-state index contributed by atoms with van der Waals surface area (Å²) in [6.45, 7) is 7.00. The van der Waals surface area contributed by atoms with Crippen molar-refractivity contribution in [3.05, 3.63) is 28.8 Å². The zero-order valence-electron chi connectivity index (χ0n) is 12.4. The molecule has 0 aliphatic carbocycles. The number of nitrogens with zero attached hydrogens (tertiary/aromatic N) is 1. The van der Waals surface area contributed by atoms with Gasteiger partial charge < -0.3 is 15.4 Å². The third-order valence-electron chi connectivity index (χ3n) is 3.88. The van der Waals surface area contributed by atoms with Crippen LogP contribution in [0.3, 0.4) is 0 Å². The topological polar surface area (TPSA) is 38.5 Å². The molecule has 1 fully saturated rings. The maximum Gasteiger partial charge on any atom is 0.0721 e. The van der Waals surface area contributed by atoms with E-state index in [0.717, 1.165) is 44.0 Å². The monoisotopic (exact) mass is 296 g/mol. The fraction of sp³-hybridized carbons (Fsp3) is 0.625. The van der Waals surface area contributed by atoms with E-state index in [9.17, 15) is 0 Å². The predicted octanol–water partition coefficient (Wildman–Crippen LogP) is 3.24. The van der Waals surface area contributed by atoms with Crippen LogP contribution in [0.5, 0.6) is 0 Å². The molecule has 2 atom stereocenters. The van der Waals surface area contributed by atoms with Crippen molar-refractivity contribution in [3.8, 4) is 0 Å². The molecule has 1 aliphatic rings. The van der Waals surface area contributed by atoms with Crippen molar-refractivity contribution in [2.24, 2.45) is 5.73 Å². The molecule has 0 bridgehead atoms. The molecule has 0 radical (unpaired) electrons. The van der Waals surface area contributed by atoms with E-state index < -0.39 is 0 Å². The lowest BCUT2D eigenvalue weighted by molar-refractivity contribution is 0.0821. The summed E-state index contributed by atoms with van der Waals surface area (Å²) in [6, 6.07) is 6.30. The Morgan fingerprint density at radius 1 is 1.50 bits per heavy atom. The second-order valence-corrected chi connectivity index (χ2v) is 6.00. The molecule has 1 saturated heterocycles. The summed E-state index contributed by atoms with van der Waals surface area (Å²) >= 11 is 6.41. The fourth-order valence-corrected chi connectivity index (χ4v) is 2.91. The molecule has 2 rings (SSSR count). The van der Waals surface area contributed by atoms with Crippen molar-refractivity contribution in [2.45, 2.75) is 45.3 Å². The molecule has 112 valence electrons. The van der Waals surface area contributed by atoms with Crippen molar-refractivity contribution in [1.82, 2.24) is 0 Å². The third kappa shape index (κ3) is 3.87. The molecule has 4 heteroatoms. The summed E-state index contributed by atoms with van der Waals surface area (Å²) in [5.74, 6) is 0. The summed E-state index contributed by atoms with van der Waals surface area (Å²) in [5, 5.41) is 0.823. The molecule has 20 heavy (non-hydrogen) atoms. The normalized spacial score (nSPS) is 21.6. The Morgan fingerprint density at radius 2 is 2.30 bits per heavy atom. The van der Waals surface area contributed by atoms with Gasteiger partial charge in [0.15, 0.2) is 0 Å². The molecule has 1 aromatic carbocycles. The Hall–Kier alpha value is -0.770. The Balaban J connectivity index is 2.27. The number of rotatable bonds is 4. The van der Waals surface area contributed by atoms with Gasteiger partial charge in [-0.15, -0.1) is 0 Å². The lowest BCUT2D eigenvalue weighted by atomic mass is 10.0. The van der Waals surface area contributed by atoms with E-state index in [2.05, 4.69) is 24.8 Å². The summed E-state index contributed by atoms with van der Waals surface area (Å²) in [5.41, 5.74) is 8.53. The van der Waals surface area contributed by atoms with E-state index in [1.54, 1.807) is 0 Å². The molecule has 1 heterocycles. The van der Waals surface area contributed by atoms with Gasteiger partial charge in [-0.3, -0.25) is 0 Å². The molecule has 1 aliphatic heterocycles. The number of ether oxygens (including phenoxy) is 1. The van der Waals surface area contributed by atoms with Crippen LogP contribution in [0, 0.1) is 0 Å². The van der Waals surface area contributed by atoms with Gasteiger partial charge in [0, 0.05) is 36.4 Å². The highest BCUT2D eigenvalue weighted by molar-refractivity contribution is 6.31. The Morgan fingerprint density at radius 3 is 3.05 bits per heavy atom. The van der Waals surface area contributed by atoms with Crippen LogP contribution in [0.4, 0.5) is 5.69 Å². The van der Waals surface area contributed by atoms with E-state index in [1.807, 2.05) is 12.1 Å². The SMILES string of the molecule is CCC(N)Cc1c(Cl)cccc1N1CCCOC(C)C1. The molecule has 2 N–H and O–H groups in total. The first-order chi connectivity index (χ1) is 9.61. The lowest BCUT2D eigenvalue weighted by Gasteiger charge is -2.28. The minimum atomic E-state index is 0.161. The molecule has 0 aromatic heterocycles. The van der Waals surface area contributed by atoms with Gasteiger partial charge in [-0.2, -0.15) is 0 Å². The van der Waals surface area contributed by atoms with Crippen molar-refractivity contribution < 1.29 is 4.74 Å². The minimum absolute atomic E-state index is 0.161. The van der Waals surface area contributed by atoms with Crippen LogP contribution in [-0.4, -0.2) is 31.8 Å². The summed E-state index contributed by atoms with van der Waals surface area (Å²) < 4.78 is 5.73. The molecular weight excluding hydrogens is 272 g/mol. The Labute approximate surface area is 127 Å². The highest BCUT2D eigenvalue weighted by Gasteiger charge is 2.20. The zero-order valence-corrected chi connectivity index (χ0v) is 13.2. The van der Waals surface area contributed by atoms with E-state index in [0.29, 0.717) is 0 Å². The van der Waals surface area contributed by atoms with Gasteiger partial charge in [0.2, 0.25) is 0 Å². The number of halogens is 1. The molecule has 0 amide bonds. The number of nitrogens with two attached hydrogens (primary N) is 1. The molecule has 2 unspecified atom stereocenters. The van der Waals surface area contributed by atoms with Gasteiger partial charge in [-0.1, -0.05) is 24.6 Å². The van der Waals surface area contributed by atoms with Crippen LogP contribution in [-0.2, 0) is 11.2 Å². The van der Waals surface area contributed by atoms with Crippen molar-refractivity contribution in [2.75, 3.05) is 24.6 Å². The highest BCUT2D eigenvalue weighted by atomic mass is 35.5. The summed E-state index contributed by atoms with van der Waals surface area (Å²) in [6.07, 6.45) is 3.10. The van der Waals surface area contributed by atoms with Gasteiger partial charge >= 0.3 is 0 Å². The molecule has 3 nitrogen and oxygen atoms in total. The fourth-order valence-electron chi connectivity index (χ4n) is 2.67. The van der Waals surface area contributed by atoms with Gasteiger partial charge in [-0.25, -0.2) is 0 Å². The van der Waals surface area contributed by atoms with E-state index in [-0.39, 0.29) is 12.1 Å². The number of hydrogen-bond acceptors (Lipinski definition) is 3. The smallest absolute Gasteiger partial charge is 0.0721 e. The number of benzene rings is 1.